The molecule has 0 aliphatic rings. The van der Waals surface area contributed by atoms with Crippen LogP contribution in [0.5, 0.6) is 0 Å². The second kappa shape index (κ2) is 3.92. The first-order valence-corrected chi connectivity index (χ1v) is 6.21. The summed E-state index contributed by atoms with van der Waals surface area (Å²) in [7, 11) is 0. The van der Waals surface area contributed by atoms with E-state index in [1.807, 2.05) is 25.1 Å². The van der Waals surface area contributed by atoms with Crippen molar-refractivity contribution >= 4 is 33.2 Å². The fraction of sp³-hybridized carbons (Fsp3) is 0.0833. The zero-order chi connectivity index (χ0) is 12.7. The van der Waals surface area contributed by atoms with Crippen LogP contribution in [-0.2, 0) is 0 Å². The minimum atomic E-state index is 0.368. The normalized spacial score (nSPS) is 10.9. The van der Waals surface area contributed by atoms with Gasteiger partial charge >= 0.3 is 0 Å². The minimum absolute atomic E-state index is 0.368. The Bertz CT molecular complexity index is 714. The van der Waals surface area contributed by atoms with Crippen LogP contribution >= 0.6 is 11.3 Å². The van der Waals surface area contributed by atoms with Crippen molar-refractivity contribution in [3.8, 4) is 11.4 Å². The summed E-state index contributed by atoms with van der Waals surface area (Å²) in [5.41, 5.74) is 13.1. The van der Waals surface area contributed by atoms with Crippen LogP contribution in [0.3, 0.4) is 0 Å². The molecule has 90 valence electrons. The van der Waals surface area contributed by atoms with Crippen LogP contribution in [0.2, 0.25) is 0 Å². The number of rotatable bonds is 1. The average Bonchev–Trinajstić information content (AvgIpc) is 2.66. The SMILES string of the molecule is Cc1nc2cc(-c3nc(N)cc(N)n3)ccc2s1. The Kier molecular flexibility index (Phi) is 2.38. The summed E-state index contributed by atoms with van der Waals surface area (Å²) >= 11 is 1.66. The summed E-state index contributed by atoms with van der Waals surface area (Å²) in [6, 6.07) is 7.45. The molecule has 2 aromatic heterocycles. The number of thiazole rings is 1. The second-order valence-electron chi connectivity index (χ2n) is 3.96. The Morgan fingerprint density at radius 2 is 1.72 bits per heavy atom. The number of aryl methyl sites for hydroxylation is 1. The third-order valence-corrected chi connectivity index (χ3v) is 3.47. The predicted octanol–water partition coefficient (Wildman–Crippen LogP) is 2.23. The number of nitrogens with two attached hydrogens (primary N) is 2. The number of hydrogen-bond acceptors (Lipinski definition) is 6. The van der Waals surface area contributed by atoms with E-state index >= 15 is 0 Å². The Hall–Kier alpha value is -2.21. The lowest BCUT2D eigenvalue weighted by Crippen LogP contribution is -1.99. The maximum atomic E-state index is 5.67. The highest BCUT2D eigenvalue weighted by molar-refractivity contribution is 7.18. The molecule has 0 aliphatic carbocycles. The molecule has 0 radical (unpaired) electrons. The van der Waals surface area contributed by atoms with E-state index in [2.05, 4.69) is 15.0 Å². The van der Waals surface area contributed by atoms with Crippen LogP contribution in [0.1, 0.15) is 5.01 Å². The molecule has 0 unspecified atom stereocenters. The quantitative estimate of drug-likeness (QED) is 0.697. The predicted molar refractivity (Wildman–Crippen MR) is 74.2 cm³/mol. The minimum Gasteiger partial charge on any atom is -0.384 e. The van der Waals surface area contributed by atoms with Crippen LogP contribution in [0.15, 0.2) is 24.3 Å². The van der Waals surface area contributed by atoms with Gasteiger partial charge in [-0.3, -0.25) is 0 Å². The Balaban J connectivity index is 2.18. The molecular weight excluding hydrogens is 246 g/mol. The summed E-state index contributed by atoms with van der Waals surface area (Å²) in [6.07, 6.45) is 0. The van der Waals surface area contributed by atoms with Crippen LogP contribution in [0.25, 0.3) is 21.6 Å². The van der Waals surface area contributed by atoms with Crippen LogP contribution in [-0.4, -0.2) is 15.0 Å². The third-order valence-electron chi connectivity index (χ3n) is 2.52. The summed E-state index contributed by atoms with van der Waals surface area (Å²) in [5.74, 6) is 1.26. The van der Waals surface area contributed by atoms with Crippen molar-refractivity contribution in [2.45, 2.75) is 6.92 Å². The highest BCUT2D eigenvalue weighted by Crippen LogP contribution is 2.26. The molecule has 18 heavy (non-hydrogen) atoms. The Morgan fingerprint density at radius 1 is 1.00 bits per heavy atom. The van der Waals surface area contributed by atoms with Gasteiger partial charge in [-0.15, -0.1) is 11.3 Å². The van der Waals surface area contributed by atoms with Gasteiger partial charge in [-0.05, 0) is 25.1 Å². The van der Waals surface area contributed by atoms with E-state index in [4.69, 9.17) is 11.5 Å². The molecule has 0 saturated heterocycles. The molecule has 6 heteroatoms. The number of anilines is 2. The molecule has 3 aromatic rings. The van der Waals surface area contributed by atoms with Crippen molar-refractivity contribution in [3.63, 3.8) is 0 Å². The van der Waals surface area contributed by atoms with Gasteiger partial charge in [-0.2, -0.15) is 0 Å². The summed E-state index contributed by atoms with van der Waals surface area (Å²) in [6.45, 7) is 1.99. The highest BCUT2D eigenvalue weighted by Gasteiger charge is 2.07. The van der Waals surface area contributed by atoms with Crippen molar-refractivity contribution < 1.29 is 0 Å². The molecule has 5 nitrogen and oxygen atoms in total. The zero-order valence-corrected chi connectivity index (χ0v) is 10.5. The molecule has 0 spiro atoms. The van der Waals surface area contributed by atoms with Gasteiger partial charge in [-0.25, -0.2) is 15.0 Å². The van der Waals surface area contributed by atoms with Gasteiger partial charge < -0.3 is 11.5 Å². The van der Waals surface area contributed by atoms with Gasteiger partial charge in [0.05, 0.1) is 15.2 Å². The molecular formula is C12H11N5S. The number of benzene rings is 1. The average molecular weight is 257 g/mol. The molecule has 1 aromatic carbocycles. The monoisotopic (exact) mass is 257 g/mol. The van der Waals surface area contributed by atoms with E-state index in [1.54, 1.807) is 11.3 Å². The number of aromatic nitrogens is 3. The molecule has 0 atom stereocenters. The number of nitrogen functional groups attached to an aromatic ring is 2. The lowest BCUT2D eigenvalue weighted by atomic mass is 10.2. The van der Waals surface area contributed by atoms with E-state index in [0.29, 0.717) is 17.5 Å². The topological polar surface area (TPSA) is 90.7 Å². The van der Waals surface area contributed by atoms with Crippen LogP contribution in [0.4, 0.5) is 11.6 Å². The standard InChI is InChI=1S/C12H11N5S/c1-6-15-8-4-7(2-3-9(8)18-6)12-16-10(13)5-11(14)17-12/h2-5H,1H3,(H4,13,14,16,17). The lowest BCUT2D eigenvalue weighted by Gasteiger charge is -2.02. The molecule has 0 bridgehead atoms. The lowest BCUT2D eigenvalue weighted by molar-refractivity contribution is 1.19. The summed E-state index contributed by atoms with van der Waals surface area (Å²) < 4.78 is 1.15. The molecule has 3 rings (SSSR count). The summed E-state index contributed by atoms with van der Waals surface area (Å²) in [5, 5.41) is 1.04. The van der Waals surface area contributed by atoms with Gasteiger partial charge in [-0.1, -0.05) is 0 Å². The van der Waals surface area contributed by atoms with Gasteiger partial charge in [0.2, 0.25) is 0 Å². The fourth-order valence-corrected chi connectivity index (χ4v) is 2.60. The Morgan fingerprint density at radius 3 is 2.44 bits per heavy atom. The largest absolute Gasteiger partial charge is 0.384 e. The van der Waals surface area contributed by atoms with Crippen molar-refractivity contribution in [2.24, 2.45) is 0 Å². The van der Waals surface area contributed by atoms with Gasteiger partial charge in [0.15, 0.2) is 5.82 Å². The first-order chi connectivity index (χ1) is 8.61. The van der Waals surface area contributed by atoms with E-state index in [-0.39, 0.29) is 0 Å². The van der Waals surface area contributed by atoms with E-state index < -0.39 is 0 Å². The molecule has 0 amide bonds. The van der Waals surface area contributed by atoms with Gasteiger partial charge in [0, 0.05) is 11.6 Å². The van der Waals surface area contributed by atoms with Crippen LogP contribution in [0, 0.1) is 6.92 Å². The van der Waals surface area contributed by atoms with Crippen LogP contribution < -0.4 is 11.5 Å². The second-order valence-corrected chi connectivity index (χ2v) is 5.19. The van der Waals surface area contributed by atoms with E-state index in [9.17, 15) is 0 Å². The smallest absolute Gasteiger partial charge is 0.163 e. The third kappa shape index (κ3) is 1.86. The Labute approximate surface area is 108 Å². The maximum Gasteiger partial charge on any atom is 0.163 e. The van der Waals surface area contributed by atoms with Gasteiger partial charge in [0.25, 0.3) is 0 Å². The van der Waals surface area contributed by atoms with Crippen molar-refractivity contribution in [2.75, 3.05) is 11.5 Å². The first kappa shape index (κ1) is 10.9. The van der Waals surface area contributed by atoms with Crippen molar-refractivity contribution in [1.29, 1.82) is 0 Å². The summed E-state index contributed by atoms with van der Waals surface area (Å²) in [4.78, 5) is 12.8. The van der Waals surface area contributed by atoms with E-state index in [1.165, 1.54) is 6.07 Å². The maximum absolute atomic E-state index is 5.67. The van der Waals surface area contributed by atoms with E-state index in [0.717, 1.165) is 20.8 Å². The number of nitrogens with zero attached hydrogens (tertiary/aromatic N) is 3. The fourth-order valence-electron chi connectivity index (χ4n) is 1.80. The molecule has 0 fully saturated rings. The van der Waals surface area contributed by atoms with Crippen molar-refractivity contribution in [3.05, 3.63) is 29.3 Å². The van der Waals surface area contributed by atoms with Crippen molar-refractivity contribution in [1.82, 2.24) is 15.0 Å². The van der Waals surface area contributed by atoms with Gasteiger partial charge in [0.1, 0.15) is 11.6 Å². The molecule has 0 saturated carbocycles. The highest BCUT2D eigenvalue weighted by atomic mass is 32.1. The molecule has 0 aliphatic heterocycles. The molecule has 4 N–H and O–H groups in total. The number of fused-ring (bicyclic) bond motifs is 1. The number of hydrogen-bond donors (Lipinski definition) is 2. The zero-order valence-electron chi connectivity index (χ0n) is 9.71. The first-order valence-electron chi connectivity index (χ1n) is 5.39. The molecule has 2 heterocycles.